The number of hydrogen-bond donors (Lipinski definition) is 3. The first-order valence-electron chi connectivity index (χ1n) is 8.96. The molecule has 2 amide bonds. The summed E-state index contributed by atoms with van der Waals surface area (Å²) < 4.78 is 1.04. The Morgan fingerprint density at radius 3 is 2.67 bits per heavy atom. The second-order valence-electron chi connectivity index (χ2n) is 6.45. The van der Waals surface area contributed by atoms with Crippen molar-refractivity contribution in [1.29, 1.82) is 0 Å². The molecule has 1 unspecified atom stereocenters. The average molecular weight is 420 g/mol. The fourth-order valence-corrected chi connectivity index (χ4v) is 4.06. The maximum Gasteiger partial charge on any atom is 0.287 e. The van der Waals surface area contributed by atoms with E-state index in [0.29, 0.717) is 5.69 Å². The topological polar surface area (TPSA) is 144 Å². The molecule has 0 radical (unpaired) electrons. The molecular weight excluding hydrogens is 404 g/mol. The zero-order chi connectivity index (χ0) is 21.1. The zero-order valence-corrected chi connectivity index (χ0v) is 16.3. The Morgan fingerprint density at radius 1 is 1.10 bits per heavy atom. The number of amides is 2. The van der Waals surface area contributed by atoms with Gasteiger partial charge in [0.25, 0.3) is 11.8 Å². The van der Waals surface area contributed by atoms with E-state index in [1.54, 1.807) is 24.4 Å². The van der Waals surface area contributed by atoms with Crippen LogP contribution in [0.1, 0.15) is 16.1 Å². The molecule has 0 fully saturated rings. The van der Waals surface area contributed by atoms with Gasteiger partial charge in [-0.1, -0.05) is 24.3 Å². The van der Waals surface area contributed by atoms with Gasteiger partial charge in [0.2, 0.25) is 5.78 Å². The maximum atomic E-state index is 12.9. The number of H-pyrrole nitrogens is 1. The Kier molecular flexibility index (Phi) is 5.31. The van der Waals surface area contributed by atoms with Gasteiger partial charge in [0.1, 0.15) is 11.7 Å². The van der Waals surface area contributed by atoms with Crippen LogP contribution in [0.25, 0.3) is 21.5 Å². The highest BCUT2D eigenvalue weighted by Gasteiger charge is 2.29. The number of hydrogen-bond acceptors (Lipinski definition) is 7. The van der Waals surface area contributed by atoms with Gasteiger partial charge in [0, 0.05) is 17.3 Å². The highest BCUT2D eigenvalue weighted by atomic mass is 32.1. The highest BCUT2D eigenvalue weighted by Crippen LogP contribution is 2.27. The van der Waals surface area contributed by atoms with Crippen LogP contribution >= 0.6 is 11.3 Å². The second kappa shape index (κ2) is 8.21. The third kappa shape index (κ3) is 3.80. The predicted octanol–water partition coefficient (Wildman–Crippen LogP) is 1.48. The number of nitrogens with zero attached hydrogens (tertiary/aromatic N) is 3. The summed E-state index contributed by atoms with van der Waals surface area (Å²) in [6.45, 7) is 0. The molecule has 4 rings (SSSR count). The number of pyridine rings is 1. The van der Waals surface area contributed by atoms with Crippen molar-refractivity contribution in [3.05, 3.63) is 65.3 Å². The molecule has 10 heteroatoms. The Morgan fingerprint density at radius 2 is 1.90 bits per heavy atom. The number of ketones is 1. The summed E-state index contributed by atoms with van der Waals surface area (Å²) in [5.41, 5.74) is 6.69. The van der Waals surface area contributed by atoms with E-state index in [4.69, 9.17) is 5.73 Å². The van der Waals surface area contributed by atoms with Gasteiger partial charge in [-0.05, 0) is 34.5 Å². The van der Waals surface area contributed by atoms with Crippen LogP contribution in [0.3, 0.4) is 0 Å². The molecule has 0 aliphatic carbocycles. The summed E-state index contributed by atoms with van der Waals surface area (Å²) in [6, 6.07) is 11.7. The molecule has 0 saturated carbocycles. The van der Waals surface area contributed by atoms with Crippen molar-refractivity contribution in [1.82, 2.24) is 25.7 Å². The number of rotatable bonds is 7. The van der Waals surface area contributed by atoms with Crippen LogP contribution in [0.2, 0.25) is 0 Å². The quantitative estimate of drug-likeness (QED) is 0.386. The lowest BCUT2D eigenvalue weighted by Gasteiger charge is -2.15. The van der Waals surface area contributed by atoms with Crippen LogP contribution in [0.15, 0.2) is 54.0 Å². The van der Waals surface area contributed by atoms with Gasteiger partial charge >= 0.3 is 0 Å². The van der Waals surface area contributed by atoms with E-state index < -0.39 is 23.6 Å². The van der Waals surface area contributed by atoms with Gasteiger partial charge in [-0.15, -0.1) is 11.3 Å². The molecule has 0 aliphatic heterocycles. The van der Waals surface area contributed by atoms with Crippen molar-refractivity contribution in [2.75, 3.05) is 0 Å². The first-order chi connectivity index (χ1) is 14.5. The Labute approximate surface area is 174 Å². The largest absolute Gasteiger partial charge is 0.363 e. The van der Waals surface area contributed by atoms with Gasteiger partial charge < -0.3 is 11.1 Å². The van der Waals surface area contributed by atoms with Gasteiger partial charge in [-0.25, -0.2) is 0 Å². The fraction of sp³-hybridized carbons (Fsp3) is 0.100. The monoisotopic (exact) mass is 420 g/mol. The molecule has 0 saturated heterocycles. The number of aromatic amines is 1. The number of primary amides is 1. The predicted molar refractivity (Wildman–Crippen MR) is 111 cm³/mol. The summed E-state index contributed by atoms with van der Waals surface area (Å²) in [7, 11) is 0. The zero-order valence-electron chi connectivity index (χ0n) is 15.5. The maximum absolute atomic E-state index is 12.9. The second-order valence-corrected chi connectivity index (χ2v) is 7.36. The molecule has 1 atom stereocenters. The summed E-state index contributed by atoms with van der Waals surface area (Å²) in [5, 5.41) is 15.7. The number of nitrogens with one attached hydrogen (secondary N) is 2. The van der Waals surface area contributed by atoms with Crippen LogP contribution in [0.4, 0.5) is 0 Å². The Balaban J connectivity index is 1.62. The molecule has 4 N–H and O–H groups in total. The number of aromatic nitrogens is 4. The molecule has 0 aliphatic rings. The first-order valence-corrected chi connectivity index (χ1v) is 9.84. The number of nitrogens with two attached hydrogens (primary N) is 1. The number of benzene rings is 1. The molecule has 4 aromatic rings. The Bertz CT molecular complexity index is 1230. The average Bonchev–Trinajstić information content (AvgIpc) is 3.41. The van der Waals surface area contributed by atoms with E-state index in [-0.39, 0.29) is 17.8 Å². The van der Waals surface area contributed by atoms with Crippen LogP contribution in [-0.4, -0.2) is 44.0 Å². The molecule has 3 aromatic heterocycles. The normalized spacial score (nSPS) is 11.9. The smallest absolute Gasteiger partial charge is 0.287 e. The summed E-state index contributed by atoms with van der Waals surface area (Å²) in [4.78, 5) is 41.0. The van der Waals surface area contributed by atoms with Crippen molar-refractivity contribution in [2.45, 2.75) is 12.5 Å². The minimum absolute atomic E-state index is 0.0360. The molecule has 0 spiro atoms. The number of thiophene rings is 1. The number of fused-ring (bicyclic) bond motifs is 1. The van der Waals surface area contributed by atoms with Crippen molar-refractivity contribution >= 4 is 39.0 Å². The van der Waals surface area contributed by atoms with E-state index >= 15 is 0 Å². The number of Topliss-reactive ketones (excluding diaryl/α,β-unsaturated/α-hetero) is 1. The lowest BCUT2D eigenvalue weighted by Crippen LogP contribution is -2.47. The van der Waals surface area contributed by atoms with Crippen molar-refractivity contribution < 1.29 is 14.4 Å². The highest BCUT2D eigenvalue weighted by molar-refractivity contribution is 7.17. The minimum Gasteiger partial charge on any atom is -0.363 e. The molecule has 150 valence electrons. The third-order valence-corrected chi connectivity index (χ3v) is 5.53. The third-order valence-electron chi connectivity index (χ3n) is 4.52. The van der Waals surface area contributed by atoms with E-state index in [0.717, 1.165) is 15.6 Å². The van der Waals surface area contributed by atoms with Gasteiger partial charge in [-0.3, -0.25) is 19.4 Å². The molecule has 1 aromatic carbocycles. The summed E-state index contributed by atoms with van der Waals surface area (Å²) in [5.74, 6) is -2.67. The van der Waals surface area contributed by atoms with Gasteiger partial charge in [-0.2, -0.15) is 15.4 Å². The van der Waals surface area contributed by atoms with E-state index in [1.165, 1.54) is 11.3 Å². The van der Waals surface area contributed by atoms with E-state index in [9.17, 15) is 14.4 Å². The lowest BCUT2D eigenvalue weighted by molar-refractivity contribution is -0.137. The van der Waals surface area contributed by atoms with Crippen molar-refractivity contribution in [3.8, 4) is 11.4 Å². The molecule has 3 heterocycles. The van der Waals surface area contributed by atoms with Gasteiger partial charge in [0.05, 0.1) is 5.69 Å². The molecule has 9 nitrogen and oxygen atoms in total. The number of carbonyl (C=O) groups is 3. The fourth-order valence-electron chi connectivity index (χ4n) is 3.09. The van der Waals surface area contributed by atoms with Crippen molar-refractivity contribution in [3.63, 3.8) is 0 Å². The van der Waals surface area contributed by atoms with Gasteiger partial charge in [0.15, 0.2) is 5.69 Å². The molecule has 0 bridgehead atoms. The van der Waals surface area contributed by atoms with Crippen LogP contribution in [0, 0.1) is 0 Å². The van der Waals surface area contributed by atoms with Crippen LogP contribution < -0.4 is 11.1 Å². The minimum atomic E-state index is -1.14. The lowest BCUT2D eigenvalue weighted by atomic mass is 10.0. The standard InChI is InChI=1S/C20H16N6O3S/c21-19(28)18(27)14(9-11-10-30-15-7-2-1-5-12(11)15)23-20(29)17-16(24-26-25-17)13-6-3-4-8-22-13/h1-8,10,14H,9H2,(H2,21,28)(H,23,29)(H,24,25,26). The molecular formula is C20H16N6O3S. The van der Waals surface area contributed by atoms with Crippen LogP contribution in [0.5, 0.6) is 0 Å². The van der Waals surface area contributed by atoms with Crippen molar-refractivity contribution in [2.24, 2.45) is 5.73 Å². The molecule has 30 heavy (non-hydrogen) atoms. The van der Waals surface area contributed by atoms with Crippen LogP contribution in [-0.2, 0) is 16.0 Å². The summed E-state index contributed by atoms with van der Waals surface area (Å²) in [6.07, 6.45) is 1.68. The first kappa shape index (κ1) is 19.4. The van der Waals surface area contributed by atoms with E-state index in [1.807, 2.05) is 29.6 Å². The van der Waals surface area contributed by atoms with E-state index in [2.05, 4.69) is 25.7 Å². The number of carbonyl (C=O) groups excluding carboxylic acids is 3. The summed E-state index contributed by atoms with van der Waals surface area (Å²) >= 11 is 1.52. The SMILES string of the molecule is NC(=O)C(=O)C(Cc1csc2ccccc12)NC(=O)c1n[nH]nc1-c1ccccn1. The Hall–Kier alpha value is -3.92.